The summed E-state index contributed by atoms with van der Waals surface area (Å²) in [7, 11) is -3.68. The van der Waals surface area contributed by atoms with Crippen molar-refractivity contribution in [2.45, 2.75) is 50.8 Å². The number of carbonyl (C=O) groups is 1. The summed E-state index contributed by atoms with van der Waals surface area (Å²) in [5.74, 6) is -0.109. The fourth-order valence-corrected chi connectivity index (χ4v) is 4.37. The minimum absolute atomic E-state index is 0.109. The highest BCUT2D eigenvalue weighted by Crippen LogP contribution is 2.28. The van der Waals surface area contributed by atoms with E-state index in [0.717, 1.165) is 31.2 Å². The summed E-state index contributed by atoms with van der Waals surface area (Å²) in [6, 6.07) is 10.6. The maximum absolute atomic E-state index is 12.8. The third-order valence-electron chi connectivity index (χ3n) is 4.80. The van der Waals surface area contributed by atoms with E-state index in [2.05, 4.69) is 10.0 Å². The predicted molar refractivity (Wildman–Crippen MR) is 104 cm³/mol. The number of fused-ring (bicyclic) bond motifs is 1. The van der Waals surface area contributed by atoms with Gasteiger partial charge in [0, 0.05) is 12.1 Å². The fourth-order valence-electron chi connectivity index (χ4n) is 3.20. The van der Waals surface area contributed by atoms with Gasteiger partial charge in [-0.2, -0.15) is 0 Å². The summed E-state index contributed by atoms with van der Waals surface area (Å²) in [5, 5.41) is 2.79. The number of benzene rings is 2. The van der Waals surface area contributed by atoms with E-state index < -0.39 is 10.0 Å². The van der Waals surface area contributed by atoms with E-state index >= 15 is 0 Å². The van der Waals surface area contributed by atoms with Gasteiger partial charge < -0.3 is 5.32 Å². The van der Waals surface area contributed by atoms with Gasteiger partial charge in [-0.15, -0.1) is 0 Å². The van der Waals surface area contributed by atoms with Crippen LogP contribution in [-0.4, -0.2) is 14.3 Å². The van der Waals surface area contributed by atoms with Crippen molar-refractivity contribution in [2.75, 3.05) is 10.0 Å². The Hall–Kier alpha value is -2.34. The van der Waals surface area contributed by atoms with Gasteiger partial charge in [-0.25, -0.2) is 8.42 Å². The number of hydrogen-bond donors (Lipinski definition) is 2. The summed E-state index contributed by atoms with van der Waals surface area (Å²) < 4.78 is 28.3. The zero-order chi connectivity index (χ0) is 18.7. The first-order chi connectivity index (χ1) is 12.4. The van der Waals surface area contributed by atoms with Crippen molar-refractivity contribution in [3.63, 3.8) is 0 Å². The number of sulfonamides is 1. The number of anilines is 2. The van der Waals surface area contributed by atoms with Crippen molar-refractivity contribution < 1.29 is 13.2 Å². The Morgan fingerprint density at radius 1 is 1.04 bits per heavy atom. The average molecular weight is 372 g/mol. The summed E-state index contributed by atoms with van der Waals surface area (Å²) in [6.07, 6.45) is 4.57. The highest BCUT2D eigenvalue weighted by Gasteiger charge is 2.19. The molecule has 2 aromatic rings. The van der Waals surface area contributed by atoms with Crippen molar-refractivity contribution in [1.29, 1.82) is 0 Å². The zero-order valence-corrected chi connectivity index (χ0v) is 15.9. The Morgan fingerprint density at radius 3 is 2.46 bits per heavy atom. The van der Waals surface area contributed by atoms with Gasteiger partial charge in [0.2, 0.25) is 5.91 Å². The highest BCUT2D eigenvalue weighted by atomic mass is 32.2. The normalized spacial score (nSPS) is 13.8. The van der Waals surface area contributed by atoms with Crippen molar-refractivity contribution in [2.24, 2.45) is 0 Å². The van der Waals surface area contributed by atoms with E-state index in [1.807, 2.05) is 6.07 Å². The van der Waals surface area contributed by atoms with Gasteiger partial charge in [-0.3, -0.25) is 9.52 Å². The number of hydrogen-bond acceptors (Lipinski definition) is 3. The monoisotopic (exact) mass is 372 g/mol. The largest absolute Gasteiger partial charge is 0.326 e. The molecule has 1 amide bonds. The number of nitrogens with one attached hydrogen (secondary N) is 2. The van der Waals surface area contributed by atoms with E-state index in [1.54, 1.807) is 44.2 Å². The molecule has 0 saturated heterocycles. The first-order valence-corrected chi connectivity index (χ1v) is 10.4. The van der Waals surface area contributed by atoms with Crippen molar-refractivity contribution in [1.82, 2.24) is 0 Å². The lowest BCUT2D eigenvalue weighted by Crippen LogP contribution is -2.16. The molecule has 1 aliphatic rings. The SMILES string of the molecule is CCC(=O)Nc1cccc(NS(=O)(=O)c2ccc3c(c2)CCCC3)c1C. The van der Waals surface area contributed by atoms with Gasteiger partial charge in [0.05, 0.1) is 10.6 Å². The molecule has 0 aliphatic heterocycles. The molecule has 138 valence electrons. The Labute approximate surface area is 154 Å². The maximum atomic E-state index is 12.8. The maximum Gasteiger partial charge on any atom is 0.261 e. The fraction of sp³-hybridized carbons (Fsp3) is 0.350. The standard InChI is InChI=1S/C20H24N2O3S/c1-3-20(23)21-18-9-6-10-19(14(18)2)22-26(24,25)17-12-11-15-7-4-5-8-16(15)13-17/h6,9-13,22H,3-5,7-8H2,1-2H3,(H,21,23). The molecule has 6 heteroatoms. The molecule has 0 atom stereocenters. The van der Waals surface area contributed by atoms with Gasteiger partial charge >= 0.3 is 0 Å². The second kappa shape index (κ2) is 7.50. The summed E-state index contributed by atoms with van der Waals surface area (Å²) >= 11 is 0. The second-order valence-corrected chi connectivity index (χ2v) is 8.31. The number of carbonyl (C=O) groups excluding carboxylic acids is 1. The van der Waals surface area contributed by atoms with Crippen LogP contribution in [0.4, 0.5) is 11.4 Å². The number of aryl methyl sites for hydroxylation is 2. The third-order valence-corrected chi connectivity index (χ3v) is 6.17. The van der Waals surface area contributed by atoms with E-state index in [-0.39, 0.29) is 10.8 Å². The minimum atomic E-state index is -3.68. The second-order valence-electron chi connectivity index (χ2n) is 6.62. The molecule has 0 bridgehead atoms. The molecule has 0 fully saturated rings. The van der Waals surface area contributed by atoms with Crippen LogP contribution >= 0.6 is 0 Å². The molecule has 26 heavy (non-hydrogen) atoms. The molecule has 1 aliphatic carbocycles. The summed E-state index contributed by atoms with van der Waals surface area (Å²) in [4.78, 5) is 11.9. The van der Waals surface area contributed by atoms with E-state index in [9.17, 15) is 13.2 Å². The van der Waals surface area contributed by atoms with Crippen molar-refractivity contribution >= 4 is 27.3 Å². The molecular weight excluding hydrogens is 348 g/mol. The molecule has 2 N–H and O–H groups in total. The van der Waals surface area contributed by atoms with Crippen molar-refractivity contribution in [3.8, 4) is 0 Å². The Balaban J connectivity index is 1.88. The molecule has 3 rings (SSSR count). The molecule has 0 spiro atoms. The van der Waals surface area contributed by atoms with Crippen LogP contribution in [0, 0.1) is 6.92 Å². The van der Waals surface area contributed by atoms with Crippen molar-refractivity contribution in [3.05, 3.63) is 53.1 Å². The predicted octanol–water partition coefficient (Wildman–Crippen LogP) is 4.02. The smallest absolute Gasteiger partial charge is 0.261 e. The quantitative estimate of drug-likeness (QED) is 0.832. The molecule has 5 nitrogen and oxygen atoms in total. The molecule has 0 radical (unpaired) electrons. The first kappa shape index (κ1) is 18.5. The van der Waals surface area contributed by atoms with Crippen LogP contribution in [0.5, 0.6) is 0 Å². The lowest BCUT2D eigenvalue weighted by atomic mass is 9.92. The van der Waals surface area contributed by atoms with Crippen LogP contribution in [-0.2, 0) is 27.7 Å². The molecule has 0 saturated carbocycles. The van der Waals surface area contributed by atoms with E-state index in [1.165, 1.54) is 5.56 Å². The van der Waals surface area contributed by atoms with Gasteiger partial charge in [0.1, 0.15) is 0 Å². The Bertz CT molecular complexity index is 936. The number of amides is 1. The molecular formula is C20H24N2O3S. The lowest BCUT2D eigenvalue weighted by Gasteiger charge is -2.18. The van der Waals surface area contributed by atoms with Gasteiger partial charge in [-0.1, -0.05) is 19.1 Å². The summed E-state index contributed by atoms with van der Waals surface area (Å²) in [6.45, 7) is 3.56. The average Bonchev–Trinajstić information content (AvgIpc) is 2.64. The molecule has 2 aromatic carbocycles. The van der Waals surface area contributed by atoms with Gasteiger partial charge in [0.25, 0.3) is 10.0 Å². The van der Waals surface area contributed by atoms with Crippen LogP contribution < -0.4 is 10.0 Å². The van der Waals surface area contributed by atoms with Crippen LogP contribution in [0.15, 0.2) is 41.3 Å². The van der Waals surface area contributed by atoms with Crippen LogP contribution in [0.25, 0.3) is 0 Å². The molecule has 0 heterocycles. The first-order valence-electron chi connectivity index (χ1n) is 8.95. The van der Waals surface area contributed by atoms with Crippen LogP contribution in [0.3, 0.4) is 0 Å². The number of rotatable bonds is 5. The van der Waals surface area contributed by atoms with Gasteiger partial charge in [0.15, 0.2) is 0 Å². The summed E-state index contributed by atoms with van der Waals surface area (Å²) in [5.41, 5.74) is 4.14. The lowest BCUT2D eigenvalue weighted by molar-refractivity contribution is -0.115. The highest BCUT2D eigenvalue weighted by molar-refractivity contribution is 7.92. The molecule has 0 aromatic heterocycles. The topological polar surface area (TPSA) is 75.3 Å². The van der Waals surface area contributed by atoms with E-state index in [0.29, 0.717) is 23.4 Å². The zero-order valence-electron chi connectivity index (χ0n) is 15.1. The Morgan fingerprint density at radius 2 is 1.73 bits per heavy atom. The minimum Gasteiger partial charge on any atom is -0.326 e. The third kappa shape index (κ3) is 3.90. The van der Waals surface area contributed by atoms with Gasteiger partial charge in [-0.05, 0) is 73.6 Å². The van der Waals surface area contributed by atoms with Crippen LogP contribution in [0.1, 0.15) is 42.9 Å². The van der Waals surface area contributed by atoms with E-state index in [4.69, 9.17) is 0 Å². The van der Waals surface area contributed by atoms with Crippen LogP contribution in [0.2, 0.25) is 0 Å². The Kier molecular flexibility index (Phi) is 5.32. The molecule has 0 unspecified atom stereocenters.